The van der Waals surface area contributed by atoms with Crippen LogP contribution in [0.1, 0.15) is 37.9 Å². The fourth-order valence-corrected chi connectivity index (χ4v) is 2.19. The molecule has 90 valence electrons. The number of aryl methyl sites for hydroxylation is 1. The molecule has 2 rings (SSSR count). The quantitative estimate of drug-likeness (QED) is 0.873. The number of benzene rings is 1. The second-order valence-corrected chi connectivity index (χ2v) is 4.88. The van der Waals surface area contributed by atoms with Crippen molar-refractivity contribution >= 4 is 10.9 Å². The molecule has 1 aromatic carbocycles. The van der Waals surface area contributed by atoms with E-state index < -0.39 is 5.60 Å². The Labute approximate surface area is 102 Å². The first-order valence-electron chi connectivity index (χ1n) is 6.13. The Balaban J connectivity index is 2.48. The average molecular weight is 229 g/mol. The Hall–Kier alpha value is -1.41. The number of aromatic nitrogens is 1. The first-order valence-corrected chi connectivity index (χ1v) is 6.13. The van der Waals surface area contributed by atoms with Gasteiger partial charge in [-0.05, 0) is 44.0 Å². The van der Waals surface area contributed by atoms with Gasteiger partial charge in [0.2, 0.25) is 0 Å². The summed E-state index contributed by atoms with van der Waals surface area (Å²) >= 11 is 0. The van der Waals surface area contributed by atoms with Crippen LogP contribution in [0.4, 0.5) is 0 Å². The van der Waals surface area contributed by atoms with Crippen LogP contribution < -0.4 is 0 Å². The third kappa shape index (κ3) is 2.47. The highest BCUT2D eigenvalue weighted by atomic mass is 16.3. The van der Waals surface area contributed by atoms with Gasteiger partial charge in [0.1, 0.15) is 0 Å². The Morgan fingerprint density at radius 2 is 2.00 bits per heavy atom. The highest BCUT2D eigenvalue weighted by Crippen LogP contribution is 2.28. The van der Waals surface area contributed by atoms with E-state index in [0.717, 1.165) is 35.0 Å². The van der Waals surface area contributed by atoms with Crippen LogP contribution in [0.15, 0.2) is 30.3 Å². The fourth-order valence-electron chi connectivity index (χ4n) is 2.19. The second-order valence-electron chi connectivity index (χ2n) is 4.88. The topological polar surface area (TPSA) is 33.1 Å². The SMILES string of the molecule is CCCC(C)(O)c1ccc2nc(C)ccc2c1. The van der Waals surface area contributed by atoms with Crippen LogP contribution in [-0.2, 0) is 5.60 Å². The lowest BCUT2D eigenvalue weighted by molar-refractivity contribution is 0.0471. The monoisotopic (exact) mass is 229 g/mol. The predicted molar refractivity (Wildman–Crippen MR) is 71.0 cm³/mol. The van der Waals surface area contributed by atoms with Crippen LogP contribution in [0.3, 0.4) is 0 Å². The lowest BCUT2D eigenvalue weighted by Gasteiger charge is -2.23. The molecule has 1 aromatic heterocycles. The van der Waals surface area contributed by atoms with Gasteiger partial charge in [0.05, 0.1) is 11.1 Å². The van der Waals surface area contributed by atoms with Crippen molar-refractivity contribution < 1.29 is 5.11 Å². The molecule has 0 spiro atoms. The van der Waals surface area contributed by atoms with Crippen LogP contribution in [0.5, 0.6) is 0 Å². The van der Waals surface area contributed by atoms with Crippen molar-refractivity contribution in [3.63, 3.8) is 0 Å². The third-order valence-electron chi connectivity index (χ3n) is 3.19. The van der Waals surface area contributed by atoms with Crippen molar-refractivity contribution in [1.82, 2.24) is 4.98 Å². The largest absolute Gasteiger partial charge is 0.385 e. The molecule has 0 aliphatic rings. The summed E-state index contributed by atoms with van der Waals surface area (Å²) in [5.74, 6) is 0. The maximum absolute atomic E-state index is 10.4. The van der Waals surface area contributed by atoms with Crippen LogP contribution in [0.2, 0.25) is 0 Å². The van der Waals surface area contributed by atoms with Gasteiger partial charge in [0.15, 0.2) is 0 Å². The first kappa shape index (κ1) is 12.1. The van der Waals surface area contributed by atoms with Crippen molar-refractivity contribution in [2.24, 2.45) is 0 Å². The molecule has 0 saturated heterocycles. The zero-order chi connectivity index (χ0) is 12.5. The molecule has 0 bridgehead atoms. The lowest BCUT2D eigenvalue weighted by Crippen LogP contribution is -2.20. The van der Waals surface area contributed by atoms with Gasteiger partial charge in [-0.15, -0.1) is 0 Å². The molecule has 0 amide bonds. The minimum atomic E-state index is -0.742. The molecule has 1 heterocycles. The Kier molecular flexibility index (Phi) is 3.16. The minimum Gasteiger partial charge on any atom is -0.385 e. The van der Waals surface area contributed by atoms with Gasteiger partial charge in [-0.25, -0.2) is 0 Å². The number of rotatable bonds is 3. The van der Waals surface area contributed by atoms with Crippen molar-refractivity contribution in [3.8, 4) is 0 Å². The molecule has 0 fully saturated rings. The molecule has 0 aliphatic carbocycles. The summed E-state index contributed by atoms with van der Waals surface area (Å²) < 4.78 is 0. The summed E-state index contributed by atoms with van der Waals surface area (Å²) in [6.45, 7) is 5.94. The van der Waals surface area contributed by atoms with Crippen molar-refractivity contribution in [2.75, 3.05) is 0 Å². The van der Waals surface area contributed by atoms with E-state index in [1.54, 1.807) is 0 Å². The molecule has 0 radical (unpaired) electrons. The summed E-state index contributed by atoms with van der Waals surface area (Å²) in [5.41, 5.74) is 2.23. The fraction of sp³-hybridized carbons (Fsp3) is 0.400. The maximum Gasteiger partial charge on any atom is 0.0868 e. The van der Waals surface area contributed by atoms with Gasteiger partial charge >= 0.3 is 0 Å². The zero-order valence-electron chi connectivity index (χ0n) is 10.7. The van der Waals surface area contributed by atoms with Gasteiger partial charge < -0.3 is 5.11 Å². The highest BCUT2D eigenvalue weighted by molar-refractivity contribution is 5.79. The van der Waals surface area contributed by atoms with E-state index >= 15 is 0 Å². The van der Waals surface area contributed by atoms with E-state index in [1.807, 2.05) is 38.1 Å². The van der Waals surface area contributed by atoms with Gasteiger partial charge in [0, 0.05) is 11.1 Å². The number of hydrogen-bond donors (Lipinski definition) is 1. The van der Waals surface area contributed by atoms with Crippen molar-refractivity contribution in [3.05, 3.63) is 41.6 Å². The zero-order valence-corrected chi connectivity index (χ0v) is 10.7. The molecular weight excluding hydrogens is 210 g/mol. The summed E-state index contributed by atoms with van der Waals surface area (Å²) in [4.78, 5) is 4.46. The molecule has 1 unspecified atom stereocenters. The predicted octanol–water partition coefficient (Wildman–Crippen LogP) is 3.55. The molecular formula is C15H19NO. The number of nitrogens with zero attached hydrogens (tertiary/aromatic N) is 1. The second kappa shape index (κ2) is 4.46. The van der Waals surface area contributed by atoms with Gasteiger partial charge in [-0.3, -0.25) is 4.98 Å². The molecule has 2 nitrogen and oxygen atoms in total. The maximum atomic E-state index is 10.4. The summed E-state index contributed by atoms with van der Waals surface area (Å²) in [5, 5.41) is 11.5. The van der Waals surface area contributed by atoms with E-state index in [0.29, 0.717) is 0 Å². The summed E-state index contributed by atoms with van der Waals surface area (Å²) in [7, 11) is 0. The number of fused-ring (bicyclic) bond motifs is 1. The number of aliphatic hydroxyl groups is 1. The van der Waals surface area contributed by atoms with Crippen molar-refractivity contribution in [2.45, 2.75) is 39.2 Å². The lowest BCUT2D eigenvalue weighted by atomic mass is 9.90. The third-order valence-corrected chi connectivity index (χ3v) is 3.19. The summed E-state index contributed by atoms with van der Waals surface area (Å²) in [6.07, 6.45) is 1.75. The van der Waals surface area contributed by atoms with Crippen LogP contribution >= 0.6 is 0 Å². The van der Waals surface area contributed by atoms with Crippen molar-refractivity contribution in [1.29, 1.82) is 0 Å². The molecule has 0 aliphatic heterocycles. The molecule has 1 N–H and O–H groups in total. The first-order chi connectivity index (χ1) is 8.03. The van der Waals surface area contributed by atoms with E-state index in [-0.39, 0.29) is 0 Å². The van der Waals surface area contributed by atoms with E-state index in [1.165, 1.54) is 0 Å². The smallest absolute Gasteiger partial charge is 0.0868 e. The van der Waals surface area contributed by atoms with Gasteiger partial charge in [-0.1, -0.05) is 25.5 Å². The normalized spacial score (nSPS) is 14.8. The minimum absolute atomic E-state index is 0.742. The standard InChI is InChI=1S/C15H19NO/c1-4-9-15(3,17)13-7-8-14-12(10-13)6-5-11(2)16-14/h5-8,10,17H,4,9H2,1-3H3. The molecule has 17 heavy (non-hydrogen) atoms. The van der Waals surface area contributed by atoms with Gasteiger partial charge in [0.25, 0.3) is 0 Å². The molecule has 0 saturated carbocycles. The molecule has 1 atom stereocenters. The van der Waals surface area contributed by atoms with E-state index in [9.17, 15) is 5.11 Å². The highest BCUT2D eigenvalue weighted by Gasteiger charge is 2.21. The van der Waals surface area contributed by atoms with Crippen LogP contribution in [0, 0.1) is 6.92 Å². The number of hydrogen-bond acceptors (Lipinski definition) is 2. The average Bonchev–Trinajstić information content (AvgIpc) is 2.28. The van der Waals surface area contributed by atoms with E-state index in [4.69, 9.17) is 0 Å². The van der Waals surface area contributed by atoms with Crippen LogP contribution in [-0.4, -0.2) is 10.1 Å². The van der Waals surface area contributed by atoms with Gasteiger partial charge in [-0.2, -0.15) is 0 Å². The van der Waals surface area contributed by atoms with Crippen LogP contribution in [0.25, 0.3) is 10.9 Å². The Bertz CT molecular complexity index is 531. The molecule has 2 heteroatoms. The Morgan fingerprint density at radius 3 is 2.71 bits per heavy atom. The Morgan fingerprint density at radius 1 is 1.24 bits per heavy atom. The van der Waals surface area contributed by atoms with E-state index in [2.05, 4.69) is 18.0 Å². The molecule has 2 aromatic rings. The number of pyridine rings is 1. The summed E-state index contributed by atoms with van der Waals surface area (Å²) in [6, 6.07) is 10.1.